The van der Waals surface area contributed by atoms with Crippen LogP contribution in [0.5, 0.6) is 0 Å². The highest BCUT2D eigenvalue weighted by Crippen LogP contribution is 2.42. The van der Waals surface area contributed by atoms with Gasteiger partial charge in [0.1, 0.15) is 16.7 Å². The van der Waals surface area contributed by atoms with Gasteiger partial charge in [0.25, 0.3) is 0 Å². The van der Waals surface area contributed by atoms with Gasteiger partial charge in [-0.05, 0) is 92.3 Å². The van der Waals surface area contributed by atoms with Gasteiger partial charge in [-0.1, -0.05) is 146 Å². The molecule has 9 aromatic carbocycles. The van der Waals surface area contributed by atoms with Crippen molar-refractivity contribution in [3.8, 4) is 67.9 Å². The summed E-state index contributed by atoms with van der Waals surface area (Å²) >= 11 is 0. The summed E-state index contributed by atoms with van der Waals surface area (Å²) in [6, 6.07) is 66.6. The minimum Gasteiger partial charge on any atom is -0.456 e. The molecule has 280 valence electrons. The standard InChI is InChI=1S/C54H32N4O2/c1-4-11-33(12-5-1)35-19-21-36(22-20-35)51-56-52(41-26-25-39-31-38(23-24-40(39)32-41)34-13-6-2-7-14-34)58-53(57-51)44-18-10-17-43-42(44)27-28-45-48(43)49-46(59-45)29-30-47-50(49)55-54(60-47)37-15-8-3-9-16-37/h1-32H. The molecule has 0 radical (unpaired) electrons. The highest BCUT2D eigenvalue weighted by molar-refractivity contribution is 6.26. The number of hydrogen-bond acceptors (Lipinski definition) is 6. The maximum Gasteiger partial charge on any atom is 0.227 e. The van der Waals surface area contributed by atoms with Gasteiger partial charge in [-0.2, -0.15) is 0 Å². The van der Waals surface area contributed by atoms with Gasteiger partial charge in [-0.25, -0.2) is 19.9 Å². The molecule has 0 aliphatic carbocycles. The number of benzene rings is 9. The summed E-state index contributed by atoms with van der Waals surface area (Å²) in [6.07, 6.45) is 0. The van der Waals surface area contributed by atoms with Crippen LogP contribution in [0.4, 0.5) is 0 Å². The Labute approximate surface area is 344 Å². The van der Waals surface area contributed by atoms with Crippen molar-refractivity contribution in [3.05, 3.63) is 194 Å². The topological polar surface area (TPSA) is 77.8 Å². The molecule has 0 spiro atoms. The van der Waals surface area contributed by atoms with E-state index in [1.807, 2.05) is 60.7 Å². The van der Waals surface area contributed by atoms with Crippen molar-refractivity contribution in [2.45, 2.75) is 0 Å². The van der Waals surface area contributed by atoms with Gasteiger partial charge in [0.15, 0.2) is 23.1 Å². The summed E-state index contributed by atoms with van der Waals surface area (Å²) in [4.78, 5) is 20.6. The molecule has 0 N–H and O–H groups in total. The number of furan rings is 1. The summed E-state index contributed by atoms with van der Waals surface area (Å²) < 4.78 is 12.8. The highest BCUT2D eigenvalue weighted by Gasteiger charge is 2.21. The van der Waals surface area contributed by atoms with E-state index in [9.17, 15) is 0 Å². The van der Waals surface area contributed by atoms with Crippen molar-refractivity contribution in [1.29, 1.82) is 0 Å². The predicted molar refractivity (Wildman–Crippen MR) is 242 cm³/mol. The second-order valence-electron chi connectivity index (χ2n) is 15.0. The summed E-state index contributed by atoms with van der Waals surface area (Å²) in [6.45, 7) is 0. The molecule has 3 heterocycles. The third kappa shape index (κ3) is 5.73. The molecule has 0 atom stereocenters. The fraction of sp³-hybridized carbons (Fsp3) is 0. The molecule has 0 saturated carbocycles. The number of oxazole rings is 1. The van der Waals surface area contributed by atoms with E-state index in [2.05, 4.69) is 133 Å². The first-order chi connectivity index (χ1) is 29.7. The summed E-state index contributed by atoms with van der Waals surface area (Å²) in [5.41, 5.74) is 11.2. The van der Waals surface area contributed by atoms with E-state index in [0.717, 1.165) is 82.4 Å². The molecule has 0 aliphatic rings. The molecule has 0 fully saturated rings. The normalized spacial score (nSPS) is 11.7. The van der Waals surface area contributed by atoms with Crippen molar-refractivity contribution in [2.75, 3.05) is 0 Å². The van der Waals surface area contributed by atoms with Crippen molar-refractivity contribution < 1.29 is 8.83 Å². The highest BCUT2D eigenvalue weighted by atomic mass is 16.4. The second kappa shape index (κ2) is 13.7. The lowest BCUT2D eigenvalue weighted by molar-refractivity contribution is 0.619. The Bertz CT molecular complexity index is 3580. The Balaban J connectivity index is 1.03. The molecule has 0 unspecified atom stereocenters. The summed E-state index contributed by atoms with van der Waals surface area (Å²) in [5.74, 6) is 2.34. The van der Waals surface area contributed by atoms with Crippen molar-refractivity contribution in [1.82, 2.24) is 19.9 Å². The van der Waals surface area contributed by atoms with Crippen LogP contribution in [0.25, 0.3) is 122 Å². The Morgan fingerprint density at radius 1 is 0.300 bits per heavy atom. The van der Waals surface area contributed by atoms with Gasteiger partial charge in [-0.15, -0.1) is 0 Å². The van der Waals surface area contributed by atoms with E-state index in [4.69, 9.17) is 28.8 Å². The molecule has 60 heavy (non-hydrogen) atoms. The Morgan fingerprint density at radius 3 is 1.57 bits per heavy atom. The molecule has 12 rings (SSSR count). The summed E-state index contributed by atoms with van der Waals surface area (Å²) in [5, 5.41) is 6.14. The zero-order chi connectivity index (χ0) is 39.6. The van der Waals surface area contributed by atoms with Crippen molar-refractivity contribution >= 4 is 54.6 Å². The molecule has 12 aromatic rings. The molecular formula is C54H32N4O2. The van der Waals surface area contributed by atoms with E-state index in [0.29, 0.717) is 28.9 Å². The minimum absolute atomic E-state index is 0.570. The lowest BCUT2D eigenvalue weighted by Gasteiger charge is -2.12. The molecule has 0 saturated heterocycles. The first-order valence-corrected chi connectivity index (χ1v) is 20.0. The molecular weight excluding hydrogens is 737 g/mol. The van der Waals surface area contributed by atoms with Gasteiger partial charge in [0.2, 0.25) is 5.89 Å². The smallest absolute Gasteiger partial charge is 0.227 e. The van der Waals surface area contributed by atoms with Crippen LogP contribution in [-0.2, 0) is 0 Å². The maximum atomic E-state index is 6.47. The fourth-order valence-electron chi connectivity index (χ4n) is 8.39. The van der Waals surface area contributed by atoms with Crippen LogP contribution in [0, 0.1) is 0 Å². The monoisotopic (exact) mass is 768 g/mol. The average molecular weight is 769 g/mol. The Hall–Kier alpha value is -8.22. The van der Waals surface area contributed by atoms with Gasteiger partial charge >= 0.3 is 0 Å². The van der Waals surface area contributed by atoms with E-state index < -0.39 is 0 Å². The van der Waals surface area contributed by atoms with Crippen LogP contribution in [0.1, 0.15) is 0 Å². The third-order valence-electron chi connectivity index (χ3n) is 11.4. The van der Waals surface area contributed by atoms with Crippen molar-refractivity contribution in [2.24, 2.45) is 0 Å². The maximum absolute atomic E-state index is 6.47. The van der Waals surface area contributed by atoms with Crippen LogP contribution in [0.15, 0.2) is 203 Å². The molecule has 0 bridgehead atoms. The Morgan fingerprint density at radius 2 is 0.833 bits per heavy atom. The van der Waals surface area contributed by atoms with Crippen LogP contribution >= 0.6 is 0 Å². The van der Waals surface area contributed by atoms with Gasteiger partial charge in [0, 0.05) is 27.6 Å². The quantitative estimate of drug-likeness (QED) is 0.168. The van der Waals surface area contributed by atoms with E-state index in [-0.39, 0.29) is 0 Å². The van der Waals surface area contributed by atoms with Crippen molar-refractivity contribution in [3.63, 3.8) is 0 Å². The largest absolute Gasteiger partial charge is 0.456 e. The minimum atomic E-state index is 0.570. The molecule has 0 aliphatic heterocycles. The second-order valence-corrected chi connectivity index (χ2v) is 15.0. The van der Waals surface area contributed by atoms with Gasteiger partial charge in [0.05, 0.1) is 5.39 Å². The van der Waals surface area contributed by atoms with E-state index in [1.165, 1.54) is 11.1 Å². The molecule has 0 amide bonds. The first kappa shape index (κ1) is 33.9. The predicted octanol–water partition coefficient (Wildman–Crippen LogP) is 14.2. The van der Waals surface area contributed by atoms with E-state index >= 15 is 0 Å². The number of rotatable bonds is 6. The zero-order valence-corrected chi connectivity index (χ0v) is 32.1. The van der Waals surface area contributed by atoms with Crippen LogP contribution < -0.4 is 0 Å². The first-order valence-electron chi connectivity index (χ1n) is 20.0. The fourth-order valence-corrected chi connectivity index (χ4v) is 8.39. The van der Waals surface area contributed by atoms with Crippen LogP contribution in [-0.4, -0.2) is 19.9 Å². The third-order valence-corrected chi connectivity index (χ3v) is 11.4. The lowest BCUT2D eigenvalue weighted by Crippen LogP contribution is -2.00. The average Bonchev–Trinajstić information content (AvgIpc) is 3.94. The number of hydrogen-bond donors (Lipinski definition) is 0. The molecule has 6 heteroatoms. The van der Waals surface area contributed by atoms with Crippen LogP contribution in [0.3, 0.4) is 0 Å². The van der Waals surface area contributed by atoms with Crippen LogP contribution in [0.2, 0.25) is 0 Å². The van der Waals surface area contributed by atoms with Gasteiger partial charge < -0.3 is 8.83 Å². The van der Waals surface area contributed by atoms with Gasteiger partial charge in [-0.3, -0.25) is 0 Å². The molecule has 3 aromatic heterocycles. The number of aromatic nitrogens is 4. The molecule has 6 nitrogen and oxygen atoms in total. The zero-order valence-electron chi connectivity index (χ0n) is 32.1. The number of nitrogens with zero attached hydrogens (tertiary/aromatic N) is 4. The summed E-state index contributed by atoms with van der Waals surface area (Å²) in [7, 11) is 0. The Kier molecular flexibility index (Phi) is 7.74. The SMILES string of the molecule is c1ccc(-c2ccc(-c3nc(-c4ccc5cc(-c6ccccc6)ccc5c4)nc(-c4cccc5c4ccc4oc6ccc7oc(-c8ccccc8)nc7c6c45)n3)cc2)cc1. The van der Waals surface area contributed by atoms with E-state index in [1.54, 1.807) is 0 Å². The lowest BCUT2D eigenvalue weighted by atomic mass is 9.98. The number of fused-ring (bicyclic) bond motifs is 8.